The molecule has 13 heavy (non-hydrogen) atoms. The van der Waals surface area contributed by atoms with Crippen LogP contribution >= 0.6 is 0 Å². The first kappa shape index (κ1) is 8.11. The molecule has 0 amide bonds. The highest BCUT2D eigenvalue weighted by Crippen LogP contribution is 2.19. The lowest BCUT2D eigenvalue weighted by atomic mass is 10.1. The molecule has 1 aromatic carbocycles. The zero-order valence-electron chi connectivity index (χ0n) is 7.46. The molecule has 0 aliphatic rings. The Morgan fingerprint density at radius 2 is 2.15 bits per heavy atom. The van der Waals surface area contributed by atoms with Crippen molar-refractivity contribution in [3.63, 3.8) is 0 Å². The standard InChI is InChI=1S/C12H12N/c1-2-3-6-10-9-13-12-8-5-4-7-11(10)12/h2,4-9,13H,1,3H2. The van der Waals surface area contributed by atoms with Gasteiger partial charge in [0.05, 0.1) is 0 Å². The van der Waals surface area contributed by atoms with Crippen LogP contribution in [0.1, 0.15) is 12.0 Å². The van der Waals surface area contributed by atoms with E-state index in [2.05, 4.69) is 36.2 Å². The van der Waals surface area contributed by atoms with Crippen LogP contribution in [0.15, 0.2) is 43.1 Å². The van der Waals surface area contributed by atoms with Crippen molar-refractivity contribution in [2.45, 2.75) is 6.42 Å². The van der Waals surface area contributed by atoms with Gasteiger partial charge in [-0.1, -0.05) is 24.3 Å². The smallest absolute Gasteiger partial charge is 0.0456 e. The number of hydrogen-bond acceptors (Lipinski definition) is 0. The average molecular weight is 170 g/mol. The summed E-state index contributed by atoms with van der Waals surface area (Å²) in [7, 11) is 0. The van der Waals surface area contributed by atoms with Crippen molar-refractivity contribution < 1.29 is 0 Å². The first-order valence-corrected chi connectivity index (χ1v) is 4.42. The third-order valence-electron chi connectivity index (χ3n) is 2.13. The highest BCUT2D eigenvalue weighted by molar-refractivity contribution is 5.84. The van der Waals surface area contributed by atoms with Crippen LogP contribution in [0.4, 0.5) is 0 Å². The fraction of sp³-hybridized carbons (Fsp3) is 0.0833. The van der Waals surface area contributed by atoms with Gasteiger partial charge in [0.25, 0.3) is 0 Å². The number of fused-ring (bicyclic) bond motifs is 1. The van der Waals surface area contributed by atoms with Crippen LogP contribution < -0.4 is 0 Å². The van der Waals surface area contributed by atoms with E-state index >= 15 is 0 Å². The molecule has 2 rings (SSSR count). The summed E-state index contributed by atoms with van der Waals surface area (Å²) in [6, 6.07) is 8.30. The predicted molar refractivity (Wildman–Crippen MR) is 56.5 cm³/mol. The number of aromatic nitrogens is 1. The number of para-hydroxylation sites is 1. The molecule has 0 spiro atoms. The molecule has 0 bridgehead atoms. The highest BCUT2D eigenvalue weighted by Gasteiger charge is 2.00. The molecule has 65 valence electrons. The van der Waals surface area contributed by atoms with Crippen LogP contribution in [0, 0.1) is 6.42 Å². The number of benzene rings is 1. The molecule has 0 aliphatic carbocycles. The van der Waals surface area contributed by atoms with E-state index in [0.717, 1.165) is 6.42 Å². The van der Waals surface area contributed by atoms with Crippen molar-refractivity contribution in [3.05, 3.63) is 55.1 Å². The fourth-order valence-electron chi connectivity index (χ4n) is 1.47. The third-order valence-corrected chi connectivity index (χ3v) is 2.13. The van der Waals surface area contributed by atoms with Crippen molar-refractivity contribution in [1.29, 1.82) is 0 Å². The molecule has 1 nitrogen and oxygen atoms in total. The maximum absolute atomic E-state index is 3.70. The topological polar surface area (TPSA) is 15.8 Å². The van der Waals surface area contributed by atoms with Gasteiger partial charge in [-0.05, 0) is 24.5 Å². The van der Waals surface area contributed by atoms with E-state index in [1.165, 1.54) is 16.5 Å². The summed E-state index contributed by atoms with van der Waals surface area (Å²) in [5.41, 5.74) is 2.45. The summed E-state index contributed by atoms with van der Waals surface area (Å²) in [5, 5.41) is 1.28. The van der Waals surface area contributed by atoms with Crippen molar-refractivity contribution in [2.75, 3.05) is 0 Å². The largest absolute Gasteiger partial charge is 0.361 e. The minimum Gasteiger partial charge on any atom is -0.361 e. The van der Waals surface area contributed by atoms with Crippen LogP contribution in [-0.4, -0.2) is 4.98 Å². The monoisotopic (exact) mass is 170 g/mol. The van der Waals surface area contributed by atoms with Crippen LogP contribution in [-0.2, 0) is 0 Å². The van der Waals surface area contributed by atoms with Crippen LogP contribution in [0.25, 0.3) is 10.9 Å². The van der Waals surface area contributed by atoms with E-state index < -0.39 is 0 Å². The Hall–Kier alpha value is -1.50. The lowest BCUT2D eigenvalue weighted by molar-refractivity contribution is 1.26. The Labute approximate surface area is 78.1 Å². The molecule has 0 unspecified atom stereocenters. The molecule has 0 saturated carbocycles. The normalized spacial score (nSPS) is 10.5. The number of aromatic amines is 1. The number of nitrogens with one attached hydrogen (secondary N) is 1. The Morgan fingerprint density at radius 1 is 1.31 bits per heavy atom. The Morgan fingerprint density at radius 3 is 3.00 bits per heavy atom. The van der Waals surface area contributed by atoms with Gasteiger partial charge >= 0.3 is 0 Å². The van der Waals surface area contributed by atoms with Crippen molar-refractivity contribution in [2.24, 2.45) is 0 Å². The summed E-state index contributed by atoms with van der Waals surface area (Å²) in [6.45, 7) is 3.70. The van der Waals surface area contributed by atoms with Gasteiger partial charge in [0.15, 0.2) is 0 Å². The molecule has 1 heterocycles. The summed E-state index contributed by atoms with van der Waals surface area (Å²) in [5.74, 6) is 0. The van der Waals surface area contributed by atoms with Crippen LogP contribution in [0.3, 0.4) is 0 Å². The van der Waals surface area contributed by atoms with Crippen LogP contribution in [0.5, 0.6) is 0 Å². The van der Waals surface area contributed by atoms with Gasteiger partial charge in [-0.2, -0.15) is 0 Å². The summed E-state index contributed by atoms with van der Waals surface area (Å²) < 4.78 is 0. The average Bonchev–Trinajstić information content (AvgIpc) is 2.58. The predicted octanol–water partition coefficient (Wildman–Crippen LogP) is 3.30. The molecule has 1 radical (unpaired) electrons. The Bertz CT molecular complexity index is 412. The van der Waals surface area contributed by atoms with Crippen molar-refractivity contribution in [1.82, 2.24) is 4.98 Å². The second-order valence-electron chi connectivity index (χ2n) is 3.02. The lowest BCUT2D eigenvalue weighted by Crippen LogP contribution is -1.75. The summed E-state index contributed by atoms with van der Waals surface area (Å²) in [6.07, 6.45) is 7.03. The summed E-state index contributed by atoms with van der Waals surface area (Å²) >= 11 is 0. The molecule has 0 fully saturated rings. The molecular formula is C12H12N. The van der Waals surface area contributed by atoms with Gasteiger partial charge in [-0.25, -0.2) is 0 Å². The van der Waals surface area contributed by atoms with Gasteiger partial charge in [-0.3, -0.25) is 0 Å². The second-order valence-corrected chi connectivity index (χ2v) is 3.02. The summed E-state index contributed by atoms with van der Waals surface area (Å²) in [4.78, 5) is 3.23. The molecular weight excluding hydrogens is 158 g/mol. The number of allylic oxidation sites excluding steroid dienone is 1. The lowest BCUT2D eigenvalue weighted by Gasteiger charge is -1.93. The van der Waals surface area contributed by atoms with E-state index in [1.54, 1.807) is 0 Å². The van der Waals surface area contributed by atoms with Crippen molar-refractivity contribution in [3.8, 4) is 0 Å². The molecule has 1 aromatic heterocycles. The minimum atomic E-state index is 0.918. The van der Waals surface area contributed by atoms with Crippen molar-refractivity contribution >= 4 is 10.9 Å². The van der Waals surface area contributed by atoms with Gasteiger partial charge in [0.1, 0.15) is 0 Å². The number of H-pyrrole nitrogens is 1. The van der Waals surface area contributed by atoms with Crippen LogP contribution in [0.2, 0.25) is 0 Å². The zero-order chi connectivity index (χ0) is 9.10. The SMILES string of the molecule is C=CC[CH]c1c[nH]c2ccccc12. The number of hydrogen-bond donors (Lipinski definition) is 1. The molecule has 1 heteroatoms. The van der Waals surface area contributed by atoms with Gasteiger partial charge < -0.3 is 4.98 Å². The van der Waals surface area contributed by atoms with Gasteiger partial charge in [0, 0.05) is 17.1 Å². The fourth-order valence-corrected chi connectivity index (χ4v) is 1.47. The highest BCUT2D eigenvalue weighted by atomic mass is 14.7. The first-order chi connectivity index (χ1) is 6.42. The van der Waals surface area contributed by atoms with E-state index in [0.29, 0.717) is 0 Å². The molecule has 1 N–H and O–H groups in total. The Kier molecular flexibility index (Phi) is 2.17. The molecule has 2 aromatic rings. The molecule has 0 aliphatic heterocycles. The maximum Gasteiger partial charge on any atom is 0.0456 e. The molecule has 0 atom stereocenters. The zero-order valence-corrected chi connectivity index (χ0v) is 7.46. The maximum atomic E-state index is 3.70. The van der Waals surface area contributed by atoms with Gasteiger partial charge in [-0.15, -0.1) is 6.58 Å². The van der Waals surface area contributed by atoms with E-state index in [-0.39, 0.29) is 0 Å². The second kappa shape index (κ2) is 3.48. The van der Waals surface area contributed by atoms with Gasteiger partial charge in [0.2, 0.25) is 0 Å². The Balaban J connectivity index is 2.40. The first-order valence-electron chi connectivity index (χ1n) is 4.42. The van der Waals surface area contributed by atoms with E-state index in [9.17, 15) is 0 Å². The minimum absolute atomic E-state index is 0.918. The van der Waals surface area contributed by atoms with E-state index in [4.69, 9.17) is 0 Å². The van der Waals surface area contributed by atoms with E-state index in [1.807, 2.05) is 18.3 Å². The quantitative estimate of drug-likeness (QED) is 0.680. The third kappa shape index (κ3) is 1.50. The number of rotatable bonds is 3. The molecule has 0 saturated heterocycles.